The molecule has 1 aliphatic heterocycles. The monoisotopic (exact) mass is 156 g/mol. The van der Waals surface area contributed by atoms with Crippen molar-refractivity contribution in [3.8, 4) is 0 Å². The molecule has 7 nitrogen and oxygen atoms in total. The third kappa shape index (κ3) is 3.04. The molecule has 0 aromatic carbocycles. The largest absolute Gasteiger partial charge is 0.369 e. The molecule has 1 aromatic rings. The number of nitrogens with zero attached hydrogens (tertiary/aromatic N) is 4. The zero-order chi connectivity index (χ0) is 7.94. The Balaban J connectivity index is 0.000000112. The summed E-state index contributed by atoms with van der Waals surface area (Å²) in [5.41, 5.74) is 0. The first-order chi connectivity index (χ1) is 5.39. The molecular weight excluding hydrogens is 152 g/mol. The first-order valence-electron chi connectivity index (χ1n) is 2.66. The normalized spacial score (nSPS) is 13.6. The van der Waals surface area contributed by atoms with Crippen molar-refractivity contribution in [2.45, 2.75) is 0 Å². The highest BCUT2D eigenvalue weighted by atomic mass is 16.7. The average molecular weight is 156 g/mol. The van der Waals surface area contributed by atoms with Crippen LogP contribution in [0.3, 0.4) is 0 Å². The first-order valence-corrected chi connectivity index (χ1v) is 2.66. The first kappa shape index (κ1) is 7.32. The van der Waals surface area contributed by atoms with Gasteiger partial charge >= 0.3 is 5.91 Å². The van der Waals surface area contributed by atoms with Crippen molar-refractivity contribution >= 4 is 5.91 Å². The summed E-state index contributed by atoms with van der Waals surface area (Å²) in [5, 5.41) is 12.3. The second kappa shape index (κ2) is 4.09. The van der Waals surface area contributed by atoms with Crippen LogP contribution in [0.1, 0.15) is 0 Å². The van der Waals surface area contributed by atoms with Crippen molar-refractivity contribution in [3.05, 3.63) is 12.5 Å². The lowest BCUT2D eigenvalue weighted by Gasteiger charge is -1.71. The summed E-state index contributed by atoms with van der Waals surface area (Å²) in [6.07, 6.45) is 2.88. The van der Waals surface area contributed by atoms with Crippen LogP contribution in [0.4, 0.5) is 0 Å². The smallest absolute Gasteiger partial charge is 0.307 e. The standard InChI is InChI=1S/C2H2N2O2.C2H2N2O/c5-2-1-6-4-3-2;1-2-5-4-3-1/h1H2;1-2H. The van der Waals surface area contributed by atoms with Crippen LogP contribution in [-0.4, -0.2) is 22.9 Å². The molecule has 0 saturated heterocycles. The Morgan fingerprint density at radius 2 is 2.45 bits per heavy atom. The molecule has 0 N–H and O–H groups in total. The molecule has 0 atom stereocenters. The highest BCUT2D eigenvalue weighted by molar-refractivity contribution is 5.78. The molecule has 2 rings (SSSR count). The van der Waals surface area contributed by atoms with Gasteiger partial charge in [-0.3, -0.25) is 4.79 Å². The van der Waals surface area contributed by atoms with E-state index in [4.69, 9.17) is 0 Å². The van der Waals surface area contributed by atoms with Crippen LogP contribution < -0.4 is 0 Å². The Bertz CT molecular complexity index is 214. The van der Waals surface area contributed by atoms with Gasteiger partial charge in [-0.05, 0) is 0 Å². The molecule has 0 fully saturated rings. The van der Waals surface area contributed by atoms with Gasteiger partial charge in [0.05, 0.1) is 6.20 Å². The van der Waals surface area contributed by atoms with Gasteiger partial charge in [-0.2, -0.15) is 0 Å². The maximum Gasteiger partial charge on any atom is 0.307 e. The molecule has 0 saturated carbocycles. The summed E-state index contributed by atoms with van der Waals surface area (Å²) in [4.78, 5) is 14.0. The molecule has 11 heavy (non-hydrogen) atoms. The van der Waals surface area contributed by atoms with Gasteiger partial charge in [0.15, 0.2) is 0 Å². The third-order valence-corrected chi connectivity index (χ3v) is 0.681. The molecule has 2 heterocycles. The number of aromatic nitrogens is 2. The van der Waals surface area contributed by atoms with Crippen molar-refractivity contribution in [3.63, 3.8) is 0 Å². The summed E-state index contributed by atoms with van der Waals surface area (Å²) < 4.78 is 4.22. The lowest BCUT2D eigenvalue weighted by Crippen LogP contribution is -1.91. The molecule has 0 bridgehead atoms. The van der Waals surface area contributed by atoms with Crippen LogP contribution in [-0.2, 0) is 9.63 Å². The molecule has 1 aromatic heterocycles. The van der Waals surface area contributed by atoms with Gasteiger partial charge in [0.25, 0.3) is 0 Å². The van der Waals surface area contributed by atoms with Crippen molar-refractivity contribution in [1.82, 2.24) is 10.4 Å². The predicted molar refractivity (Wildman–Crippen MR) is 30.1 cm³/mol. The Morgan fingerprint density at radius 3 is 2.64 bits per heavy atom. The second-order valence-electron chi connectivity index (χ2n) is 1.44. The van der Waals surface area contributed by atoms with E-state index in [1.165, 1.54) is 12.5 Å². The Morgan fingerprint density at radius 1 is 1.55 bits per heavy atom. The molecule has 0 radical (unpaired) electrons. The van der Waals surface area contributed by atoms with E-state index in [2.05, 4.69) is 30.1 Å². The van der Waals surface area contributed by atoms with Gasteiger partial charge in [0, 0.05) is 10.5 Å². The van der Waals surface area contributed by atoms with E-state index in [0.717, 1.165) is 0 Å². The van der Waals surface area contributed by atoms with Crippen LogP contribution in [0, 0.1) is 0 Å². The molecular formula is C4H4N4O3. The maximum atomic E-state index is 9.86. The van der Waals surface area contributed by atoms with Crippen LogP contribution in [0.15, 0.2) is 27.4 Å². The van der Waals surface area contributed by atoms with E-state index >= 15 is 0 Å². The second-order valence-corrected chi connectivity index (χ2v) is 1.44. The Labute approximate surface area is 61.0 Å². The van der Waals surface area contributed by atoms with Crippen molar-refractivity contribution < 1.29 is 14.2 Å². The van der Waals surface area contributed by atoms with E-state index in [1.807, 2.05) is 0 Å². The van der Waals surface area contributed by atoms with Crippen LogP contribution >= 0.6 is 0 Å². The molecule has 1 amide bonds. The van der Waals surface area contributed by atoms with Crippen LogP contribution in [0.25, 0.3) is 0 Å². The molecule has 0 unspecified atom stereocenters. The molecule has 0 spiro atoms. The SMILES string of the molecule is O=C1CON=N1.c1conn1. The van der Waals surface area contributed by atoms with E-state index in [9.17, 15) is 4.79 Å². The molecule has 58 valence electrons. The summed E-state index contributed by atoms with van der Waals surface area (Å²) in [6.45, 7) is 0.0139. The topological polar surface area (TPSA) is 89.9 Å². The summed E-state index contributed by atoms with van der Waals surface area (Å²) in [7, 11) is 0. The number of hydrogen-bond acceptors (Lipinski definition) is 6. The third-order valence-electron chi connectivity index (χ3n) is 0.681. The zero-order valence-corrected chi connectivity index (χ0v) is 5.38. The molecule has 7 heteroatoms. The highest BCUT2D eigenvalue weighted by Gasteiger charge is 2.03. The zero-order valence-electron chi connectivity index (χ0n) is 5.38. The van der Waals surface area contributed by atoms with E-state index in [0.29, 0.717) is 0 Å². The number of rotatable bonds is 0. The van der Waals surface area contributed by atoms with Crippen LogP contribution in [0.2, 0.25) is 0 Å². The Kier molecular flexibility index (Phi) is 2.72. The van der Waals surface area contributed by atoms with Gasteiger partial charge in [-0.1, -0.05) is 5.11 Å². The van der Waals surface area contributed by atoms with Crippen molar-refractivity contribution in [2.75, 3.05) is 6.61 Å². The number of carbonyl (C=O) groups excluding carboxylic acids is 1. The minimum absolute atomic E-state index is 0.0139. The fourth-order valence-corrected chi connectivity index (χ4v) is 0.323. The van der Waals surface area contributed by atoms with Gasteiger partial charge in [0.2, 0.25) is 6.61 Å². The number of hydrogen-bond donors (Lipinski definition) is 0. The fourth-order valence-electron chi connectivity index (χ4n) is 0.323. The summed E-state index contributed by atoms with van der Waals surface area (Å²) >= 11 is 0. The van der Waals surface area contributed by atoms with Crippen LogP contribution in [0.5, 0.6) is 0 Å². The van der Waals surface area contributed by atoms with Crippen molar-refractivity contribution in [1.29, 1.82) is 0 Å². The summed E-state index contributed by atoms with van der Waals surface area (Å²) in [6, 6.07) is 0. The lowest BCUT2D eigenvalue weighted by atomic mass is 10.7. The van der Waals surface area contributed by atoms with Crippen molar-refractivity contribution in [2.24, 2.45) is 10.4 Å². The van der Waals surface area contributed by atoms with E-state index < -0.39 is 0 Å². The minimum atomic E-state index is -0.310. The van der Waals surface area contributed by atoms with Gasteiger partial charge in [0.1, 0.15) is 6.26 Å². The fraction of sp³-hybridized carbons (Fsp3) is 0.250. The van der Waals surface area contributed by atoms with Gasteiger partial charge in [-0.25, -0.2) is 0 Å². The molecule has 1 aliphatic rings. The minimum Gasteiger partial charge on any atom is -0.369 e. The highest BCUT2D eigenvalue weighted by Crippen LogP contribution is 1.90. The van der Waals surface area contributed by atoms with Gasteiger partial charge < -0.3 is 9.36 Å². The lowest BCUT2D eigenvalue weighted by molar-refractivity contribution is -0.118. The van der Waals surface area contributed by atoms with E-state index in [-0.39, 0.29) is 12.5 Å². The van der Waals surface area contributed by atoms with Gasteiger partial charge in [-0.15, -0.1) is 5.10 Å². The summed E-state index contributed by atoms with van der Waals surface area (Å²) in [5.74, 6) is -0.310. The Hall–Kier alpha value is -1.79. The number of amides is 1. The number of carbonyl (C=O) groups is 1. The maximum absolute atomic E-state index is 9.86. The average Bonchev–Trinajstić information content (AvgIpc) is 2.57. The van der Waals surface area contributed by atoms with E-state index in [1.54, 1.807) is 0 Å². The predicted octanol–water partition coefficient (Wildman–Crippen LogP) is -0.0200. The molecule has 0 aliphatic carbocycles. The quantitative estimate of drug-likeness (QED) is 0.526.